The van der Waals surface area contributed by atoms with Crippen molar-refractivity contribution in [2.75, 3.05) is 13.2 Å². The van der Waals surface area contributed by atoms with Gasteiger partial charge in [-0.1, -0.05) is 18.2 Å². The predicted molar refractivity (Wildman–Crippen MR) is 78.2 cm³/mol. The van der Waals surface area contributed by atoms with Crippen molar-refractivity contribution in [1.29, 1.82) is 0 Å². The minimum atomic E-state index is -6.09. The van der Waals surface area contributed by atoms with Gasteiger partial charge in [-0.15, -0.1) is 0 Å². The lowest BCUT2D eigenvalue weighted by Gasteiger charge is -2.21. The average Bonchev–Trinajstić information content (AvgIpc) is 2.55. The summed E-state index contributed by atoms with van der Waals surface area (Å²) in [4.78, 5) is 0. The van der Waals surface area contributed by atoms with Gasteiger partial charge in [0.05, 0.1) is 0 Å². The SMILES string of the molecule is C(#C[I+]c1ccccc1)COC1CCCCO1.O=S(=O)([O-])C(F)(F)F. The lowest BCUT2D eigenvalue weighted by molar-refractivity contribution is -0.535. The molecule has 1 aliphatic rings. The Bertz CT molecular complexity index is 662. The molecule has 0 aromatic heterocycles. The van der Waals surface area contributed by atoms with Gasteiger partial charge in [0.2, 0.25) is 3.57 Å². The van der Waals surface area contributed by atoms with Gasteiger partial charge in [-0.05, 0) is 37.3 Å². The van der Waals surface area contributed by atoms with E-state index in [1.165, 1.54) is 9.99 Å². The zero-order valence-corrected chi connectivity index (χ0v) is 15.9. The summed E-state index contributed by atoms with van der Waals surface area (Å²) >= 11 is -0.186. The van der Waals surface area contributed by atoms with Crippen LogP contribution in [0.3, 0.4) is 0 Å². The van der Waals surface area contributed by atoms with Crippen LogP contribution in [0.15, 0.2) is 30.3 Å². The highest BCUT2D eigenvalue weighted by molar-refractivity contribution is 7.86. The number of alkyl halides is 3. The fourth-order valence-corrected chi connectivity index (χ4v) is 3.00. The number of halogens is 4. The van der Waals surface area contributed by atoms with E-state index in [4.69, 9.17) is 22.4 Å². The Morgan fingerprint density at radius 3 is 2.44 bits per heavy atom. The monoisotopic (exact) mass is 492 g/mol. The van der Waals surface area contributed by atoms with Crippen molar-refractivity contribution >= 4 is 10.1 Å². The van der Waals surface area contributed by atoms with Gasteiger partial charge in [-0.25, -0.2) is 8.42 Å². The molecule has 0 radical (unpaired) electrons. The Hall–Kier alpha value is -0.870. The Morgan fingerprint density at radius 2 is 1.92 bits per heavy atom. The van der Waals surface area contributed by atoms with Crippen LogP contribution in [0.4, 0.5) is 13.2 Å². The number of rotatable bonds is 3. The zero-order valence-electron chi connectivity index (χ0n) is 13.0. The van der Waals surface area contributed by atoms with E-state index in [1.54, 1.807) is 0 Å². The molecule has 0 N–H and O–H groups in total. The molecule has 0 aliphatic carbocycles. The summed E-state index contributed by atoms with van der Waals surface area (Å²) in [6, 6.07) is 10.4. The maximum Gasteiger partial charge on any atom is 0.485 e. The van der Waals surface area contributed by atoms with Gasteiger partial charge >= 0.3 is 26.7 Å². The van der Waals surface area contributed by atoms with Crippen molar-refractivity contribution in [3.05, 3.63) is 33.9 Å². The van der Waals surface area contributed by atoms with Gasteiger partial charge in [0.25, 0.3) is 0 Å². The van der Waals surface area contributed by atoms with Crippen LogP contribution in [0.1, 0.15) is 19.3 Å². The summed E-state index contributed by atoms with van der Waals surface area (Å²) in [7, 11) is -6.09. The molecular formula is C15H16F3IO5S. The Morgan fingerprint density at radius 1 is 1.28 bits per heavy atom. The molecule has 1 heterocycles. The first-order valence-electron chi connectivity index (χ1n) is 7.12. The molecule has 1 unspecified atom stereocenters. The summed E-state index contributed by atoms with van der Waals surface area (Å²) in [5.41, 5.74) is -5.65. The van der Waals surface area contributed by atoms with Crippen LogP contribution in [0.25, 0.3) is 0 Å². The van der Waals surface area contributed by atoms with Crippen molar-refractivity contribution in [3.8, 4) is 9.85 Å². The van der Waals surface area contributed by atoms with Gasteiger partial charge < -0.3 is 14.0 Å². The second kappa shape index (κ2) is 11.0. The molecule has 25 heavy (non-hydrogen) atoms. The first-order chi connectivity index (χ1) is 11.7. The third-order valence-corrected chi connectivity index (χ3v) is 5.28. The minimum Gasteiger partial charge on any atom is -0.741 e. The van der Waals surface area contributed by atoms with Gasteiger partial charge in [0, 0.05) is 6.61 Å². The molecule has 1 atom stereocenters. The van der Waals surface area contributed by atoms with Crippen LogP contribution in [-0.4, -0.2) is 38.0 Å². The van der Waals surface area contributed by atoms with E-state index in [9.17, 15) is 13.2 Å². The minimum absolute atomic E-state index is 0.0204. The van der Waals surface area contributed by atoms with Crippen LogP contribution < -0.4 is 21.2 Å². The summed E-state index contributed by atoms with van der Waals surface area (Å²) in [5, 5.41) is 0. The fraction of sp³-hybridized carbons (Fsp3) is 0.467. The van der Waals surface area contributed by atoms with E-state index < -0.39 is 15.6 Å². The fourth-order valence-electron chi connectivity index (χ4n) is 1.57. The number of hydrogen-bond donors (Lipinski definition) is 0. The van der Waals surface area contributed by atoms with Crippen molar-refractivity contribution < 1.29 is 56.8 Å². The van der Waals surface area contributed by atoms with Crippen molar-refractivity contribution in [1.82, 2.24) is 0 Å². The topological polar surface area (TPSA) is 75.7 Å². The van der Waals surface area contributed by atoms with E-state index in [-0.39, 0.29) is 27.5 Å². The molecule has 1 aromatic carbocycles. The van der Waals surface area contributed by atoms with Crippen LogP contribution in [0, 0.1) is 13.4 Å². The van der Waals surface area contributed by atoms with Crippen LogP contribution in [-0.2, 0) is 19.6 Å². The Kier molecular flexibility index (Phi) is 9.73. The van der Waals surface area contributed by atoms with E-state index in [1.807, 2.05) is 6.07 Å². The molecule has 0 spiro atoms. The Labute approximate surface area is 154 Å². The molecule has 1 aliphatic heterocycles. The molecule has 140 valence electrons. The van der Waals surface area contributed by atoms with Crippen LogP contribution >= 0.6 is 0 Å². The van der Waals surface area contributed by atoms with E-state index in [0.29, 0.717) is 6.61 Å². The smallest absolute Gasteiger partial charge is 0.485 e. The summed E-state index contributed by atoms with van der Waals surface area (Å²) in [6.45, 7) is 1.33. The normalized spacial score (nSPS) is 17.7. The Balaban J connectivity index is 0.000000333. The summed E-state index contributed by atoms with van der Waals surface area (Å²) in [5.74, 6) is 3.08. The third-order valence-electron chi connectivity index (χ3n) is 2.72. The van der Waals surface area contributed by atoms with E-state index >= 15 is 0 Å². The summed E-state index contributed by atoms with van der Waals surface area (Å²) in [6.07, 6.45) is 3.35. The second-order valence-corrected chi connectivity index (χ2v) is 8.36. The number of hydrogen-bond acceptors (Lipinski definition) is 5. The van der Waals surface area contributed by atoms with E-state index in [0.717, 1.165) is 19.4 Å². The highest BCUT2D eigenvalue weighted by Crippen LogP contribution is 2.20. The molecule has 2 rings (SSSR count). The lowest BCUT2D eigenvalue weighted by Crippen LogP contribution is -3.59. The van der Waals surface area contributed by atoms with E-state index in [2.05, 4.69) is 34.1 Å². The lowest BCUT2D eigenvalue weighted by atomic mass is 10.2. The first-order valence-corrected chi connectivity index (χ1v) is 10.7. The predicted octanol–water partition coefficient (Wildman–Crippen LogP) is -0.499. The third kappa shape index (κ3) is 10.0. The maximum atomic E-state index is 10.7. The molecule has 0 bridgehead atoms. The highest BCUT2D eigenvalue weighted by Gasteiger charge is 2.36. The zero-order chi connectivity index (χ0) is 18.8. The standard InChI is InChI=1S/C14H16IO2.CHF3O3S/c1-2-7-13(8-3-1)15-10-6-12-17-14-9-4-5-11-16-14;2-1(3,4)8(5,6)7/h1-3,7-8,14H,4-5,9,11-12H2;(H,5,6,7)/q+1;/p-1. The maximum absolute atomic E-state index is 10.7. The molecular weight excluding hydrogens is 476 g/mol. The number of ether oxygens (including phenoxy) is 2. The van der Waals surface area contributed by atoms with Crippen molar-refractivity contribution in [3.63, 3.8) is 0 Å². The van der Waals surface area contributed by atoms with Gasteiger partial charge in [0.1, 0.15) is 6.61 Å². The van der Waals surface area contributed by atoms with Gasteiger partial charge in [-0.2, -0.15) is 13.2 Å². The first kappa shape index (κ1) is 22.2. The quantitative estimate of drug-likeness (QED) is 0.246. The molecule has 1 fully saturated rings. The molecule has 5 nitrogen and oxygen atoms in total. The molecule has 0 saturated carbocycles. The molecule has 1 saturated heterocycles. The molecule has 1 aromatic rings. The molecule has 10 heteroatoms. The largest absolute Gasteiger partial charge is 0.741 e. The molecule has 0 amide bonds. The van der Waals surface area contributed by atoms with Gasteiger partial charge in [0.15, 0.2) is 20.3 Å². The van der Waals surface area contributed by atoms with Crippen LogP contribution in [0.2, 0.25) is 0 Å². The highest BCUT2D eigenvalue weighted by atomic mass is 127. The van der Waals surface area contributed by atoms with Crippen LogP contribution in [0.5, 0.6) is 0 Å². The van der Waals surface area contributed by atoms with Crippen molar-refractivity contribution in [2.45, 2.75) is 31.1 Å². The van der Waals surface area contributed by atoms with Gasteiger partial charge in [-0.3, -0.25) is 0 Å². The van der Waals surface area contributed by atoms with Crippen molar-refractivity contribution in [2.24, 2.45) is 0 Å². The average molecular weight is 492 g/mol. The second-order valence-electron chi connectivity index (χ2n) is 4.67. The summed E-state index contributed by atoms with van der Waals surface area (Å²) < 4.78 is 74.5. The number of benzene rings is 1.